The monoisotopic (exact) mass is 387 g/mol. The van der Waals surface area contributed by atoms with Gasteiger partial charge in [-0.1, -0.05) is 24.3 Å². The lowest BCUT2D eigenvalue weighted by Gasteiger charge is -2.16. The number of para-hydroxylation sites is 1. The zero-order valence-corrected chi connectivity index (χ0v) is 15.9. The summed E-state index contributed by atoms with van der Waals surface area (Å²) in [5, 5.41) is 0. The number of aromatic nitrogens is 1. The molecule has 1 aliphatic carbocycles. The second kappa shape index (κ2) is 8.56. The molecule has 0 saturated heterocycles. The standard InChI is InChI=1S/C23H21N3O3/c27-22(18-11-10-16-6-4-5-7-17(16)14-18)25-26-23(28)21-15-20(12-13-24-21)29-19-8-2-1-3-9-19/h1-3,8-15H,4-7H2,(H,25,27)(H,26,28). The summed E-state index contributed by atoms with van der Waals surface area (Å²) in [6.07, 6.45) is 5.86. The summed E-state index contributed by atoms with van der Waals surface area (Å²) in [6, 6.07) is 18.1. The van der Waals surface area contributed by atoms with E-state index in [9.17, 15) is 9.59 Å². The second-order valence-corrected chi connectivity index (χ2v) is 6.89. The zero-order chi connectivity index (χ0) is 20.1. The predicted molar refractivity (Wildman–Crippen MR) is 109 cm³/mol. The number of hydrazine groups is 1. The molecule has 3 aromatic rings. The number of aryl methyl sites for hydroxylation is 2. The molecule has 2 amide bonds. The van der Waals surface area contributed by atoms with Crippen LogP contribution in [0.25, 0.3) is 0 Å². The Kier molecular flexibility index (Phi) is 5.52. The van der Waals surface area contributed by atoms with E-state index in [1.807, 2.05) is 42.5 Å². The Bertz CT molecular complexity index is 1030. The lowest BCUT2D eigenvalue weighted by molar-refractivity contribution is 0.0844. The van der Waals surface area contributed by atoms with Gasteiger partial charge in [0.1, 0.15) is 17.2 Å². The van der Waals surface area contributed by atoms with Gasteiger partial charge in [-0.05, 0) is 67.1 Å². The van der Waals surface area contributed by atoms with Gasteiger partial charge in [0.05, 0.1) is 0 Å². The SMILES string of the molecule is O=C(NNC(=O)c1cc(Oc2ccccc2)ccn1)c1ccc2c(c1)CCCC2. The van der Waals surface area contributed by atoms with Crippen LogP contribution >= 0.6 is 0 Å². The van der Waals surface area contributed by atoms with Crippen LogP contribution in [0.5, 0.6) is 11.5 Å². The minimum Gasteiger partial charge on any atom is -0.457 e. The van der Waals surface area contributed by atoms with Gasteiger partial charge in [-0.3, -0.25) is 25.4 Å². The molecular weight excluding hydrogens is 366 g/mol. The maximum absolute atomic E-state index is 12.4. The zero-order valence-electron chi connectivity index (χ0n) is 15.9. The number of nitrogens with zero attached hydrogens (tertiary/aromatic N) is 1. The van der Waals surface area contributed by atoms with Gasteiger partial charge in [-0.25, -0.2) is 0 Å². The molecule has 2 aromatic carbocycles. The van der Waals surface area contributed by atoms with E-state index in [4.69, 9.17) is 4.74 Å². The van der Waals surface area contributed by atoms with Crippen LogP contribution in [0.3, 0.4) is 0 Å². The molecule has 1 aromatic heterocycles. The highest BCUT2D eigenvalue weighted by atomic mass is 16.5. The van der Waals surface area contributed by atoms with E-state index in [2.05, 4.69) is 15.8 Å². The topological polar surface area (TPSA) is 80.3 Å². The first kappa shape index (κ1) is 18.7. The van der Waals surface area contributed by atoms with E-state index in [0.717, 1.165) is 19.3 Å². The highest BCUT2D eigenvalue weighted by Crippen LogP contribution is 2.22. The summed E-state index contributed by atoms with van der Waals surface area (Å²) in [5.41, 5.74) is 8.05. The fourth-order valence-corrected chi connectivity index (χ4v) is 3.35. The molecule has 0 radical (unpaired) electrons. The average Bonchev–Trinajstić information content (AvgIpc) is 2.77. The van der Waals surface area contributed by atoms with Crippen molar-refractivity contribution in [1.82, 2.24) is 15.8 Å². The Labute approximate surface area is 168 Å². The number of benzene rings is 2. The Hall–Kier alpha value is -3.67. The number of hydrogen-bond acceptors (Lipinski definition) is 4. The van der Waals surface area contributed by atoms with Crippen molar-refractivity contribution in [2.24, 2.45) is 0 Å². The van der Waals surface area contributed by atoms with Gasteiger partial charge in [0, 0.05) is 17.8 Å². The Morgan fingerprint density at radius 2 is 1.55 bits per heavy atom. The van der Waals surface area contributed by atoms with Crippen molar-refractivity contribution in [3.63, 3.8) is 0 Å². The first-order valence-corrected chi connectivity index (χ1v) is 9.60. The minimum atomic E-state index is -0.519. The van der Waals surface area contributed by atoms with Crippen LogP contribution in [-0.2, 0) is 12.8 Å². The van der Waals surface area contributed by atoms with Gasteiger partial charge >= 0.3 is 0 Å². The molecule has 0 aliphatic heterocycles. The first-order valence-electron chi connectivity index (χ1n) is 9.60. The van der Waals surface area contributed by atoms with E-state index in [0.29, 0.717) is 17.1 Å². The molecule has 0 bridgehead atoms. The van der Waals surface area contributed by atoms with E-state index in [-0.39, 0.29) is 11.6 Å². The molecule has 6 nitrogen and oxygen atoms in total. The molecule has 1 aliphatic rings. The van der Waals surface area contributed by atoms with Gasteiger partial charge in [-0.15, -0.1) is 0 Å². The van der Waals surface area contributed by atoms with E-state index in [1.54, 1.807) is 12.1 Å². The quantitative estimate of drug-likeness (QED) is 0.667. The Balaban J connectivity index is 1.38. The minimum absolute atomic E-state index is 0.143. The maximum Gasteiger partial charge on any atom is 0.288 e. The maximum atomic E-state index is 12.4. The van der Waals surface area contributed by atoms with Crippen LogP contribution in [0.15, 0.2) is 66.9 Å². The number of carbonyl (C=O) groups excluding carboxylic acids is 2. The summed E-state index contributed by atoms with van der Waals surface area (Å²) in [6.45, 7) is 0. The largest absolute Gasteiger partial charge is 0.457 e. The van der Waals surface area contributed by atoms with Crippen molar-refractivity contribution in [1.29, 1.82) is 0 Å². The van der Waals surface area contributed by atoms with Crippen molar-refractivity contribution in [3.05, 3.63) is 89.2 Å². The summed E-state index contributed by atoms with van der Waals surface area (Å²) in [7, 11) is 0. The molecular formula is C23H21N3O3. The van der Waals surface area contributed by atoms with E-state index < -0.39 is 5.91 Å². The van der Waals surface area contributed by atoms with E-state index >= 15 is 0 Å². The second-order valence-electron chi connectivity index (χ2n) is 6.89. The lowest BCUT2D eigenvalue weighted by Crippen LogP contribution is -2.42. The molecule has 146 valence electrons. The van der Waals surface area contributed by atoms with Crippen LogP contribution in [0, 0.1) is 0 Å². The van der Waals surface area contributed by atoms with Crippen LogP contribution in [0.4, 0.5) is 0 Å². The highest BCUT2D eigenvalue weighted by molar-refractivity contribution is 5.98. The van der Waals surface area contributed by atoms with Crippen LogP contribution < -0.4 is 15.6 Å². The molecule has 29 heavy (non-hydrogen) atoms. The van der Waals surface area contributed by atoms with Crippen LogP contribution in [0.1, 0.15) is 44.8 Å². The molecule has 0 atom stereocenters. The molecule has 0 unspecified atom stereocenters. The third kappa shape index (κ3) is 4.60. The molecule has 0 saturated carbocycles. The van der Waals surface area contributed by atoms with Gasteiger partial charge in [-0.2, -0.15) is 0 Å². The Morgan fingerprint density at radius 3 is 2.38 bits per heavy atom. The summed E-state index contributed by atoms with van der Waals surface area (Å²) >= 11 is 0. The van der Waals surface area contributed by atoms with Crippen LogP contribution in [0.2, 0.25) is 0 Å². The van der Waals surface area contributed by atoms with Crippen molar-refractivity contribution >= 4 is 11.8 Å². The number of ether oxygens (including phenoxy) is 1. The molecule has 4 rings (SSSR count). The number of carbonyl (C=O) groups is 2. The first-order chi connectivity index (χ1) is 14.2. The van der Waals surface area contributed by atoms with Crippen molar-refractivity contribution in [3.8, 4) is 11.5 Å². The van der Waals surface area contributed by atoms with Gasteiger partial charge in [0.25, 0.3) is 11.8 Å². The summed E-state index contributed by atoms with van der Waals surface area (Å²) in [5.74, 6) is 0.265. The predicted octanol–water partition coefficient (Wildman–Crippen LogP) is 3.83. The van der Waals surface area contributed by atoms with Gasteiger partial charge in [0.2, 0.25) is 0 Å². The molecule has 0 fully saturated rings. The van der Waals surface area contributed by atoms with E-state index in [1.165, 1.54) is 29.8 Å². The number of fused-ring (bicyclic) bond motifs is 1. The number of amides is 2. The molecule has 1 heterocycles. The van der Waals surface area contributed by atoms with Crippen molar-refractivity contribution in [2.45, 2.75) is 25.7 Å². The fourth-order valence-electron chi connectivity index (χ4n) is 3.35. The third-order valence-corrected chi connectivity index (χ3v) is 4.84. The lowest BCUT2D eigenvalue weighted by atomic mass is 9.90. The third-order valence-electron chi connectivity index (χ3n) is 4.84. The van der Waals surface area contributed by atoms with Gasteiger partial charge in [0.15, 0.2) is 0 Å². The number of pyridine rings is 1. The van der Waals surface area contributed by atoms with Crippen molar-refractivity contribution < 1.29 is 14.3 Å². The number of nitrogens with one attached hydrogen (secondary N) is 2. The highest BCUT2D eigenvalue weighted by Gasteiger charge is 2.14. The number of rotatable bonds is 4. The smallest absolute Gasteiger partial charge is 0.288 e. The average molecular weight is 387 g/mol. The van der Waals surface area contributed by atoms with Gasteiger partial charge < -0.3 is 4.74 Å². The van der Waals surface area contributed by atoms with Crippen molar-refractivity contribution in [2.75, 3.05) is 0 Å². The molecule has 2 N–H and O–H groups in total. The molecule has 0 spiro atoms. The Morgan fingerprint density at radius 1 is 0.793 bits per heavy atom. The molecule has 6 heteroatoms. The summed E-state index contributed by atoms with van der Waals surface area (Å²) in [4.78, 5) is 28.8. The fraction of sp³-hybridized carbons (Fsp3) is 0.174. The van der Waals surface area contributed by atoms with Crippen LogP contribution in [-0.4, -0.2) is 16.8 Å². The normalized spacial score (nSPS) is 12.6. The summed E-state index contributed by atoms with van der Waals surface area (Å²) < 4.78 is 5.71. The number of hydrogen-bond donors (Lipinski definition) is 2.